The fraction of sp³-hybridized carbons (Fsp3) is 0.419. The van der Waals surface area contributed by atoms with Crippen LogP contribution in [0.25, 0.3) is 11.4 Å². The molecular formula is C31H40N8O4S. The van der Waals surface area contributed by atoms with Crippen LogP contribution in [0.2, 0.25) is 0 Å². The number of nitrogens with zero attached hydrogens (tertiary/aromatic N) is 6. The average Bonchev–Trinajstić information content (AvgIpc) is 3.50. The van der Waals surface area contributed by atoms with Crippen LogP contribution in [0, 0.1) is 12.3 Å². The van der Waals surface area contributed by atoms with Crippen LogP contribution in [-0.2, 0) is 19.6 Å². The van der Waals surface area contributed by atoms with Crippen molar-refractivity contribution in [3.8, 4) is 11.4 Å². The monoisotopic (exact) mass is 620 g/mol. The van der Waals surface area contributed by atoms with Crippen LogP contribution in [0.5, 0.6) is 0 Å². The van der Waals surface area contributed by atoms with Gasteiger partial charge in [0.15, 0.2) is 5.82 Å². The Kier molecular flexibility index (Phi) is 9.79. The highest BCUT2D eigenvalue weighted by atomic mass is 32.2. The molecule has 1 aliphatic heterocycles. The average molecular weight is 621 g/mol. The third-order valence-electron chi connectivity index (χ3n) is 6.97. The van der Waals surface area contributed by atoms with E-state index in [2.05, 4.69) is 40.8 Å². The van der Waals surface area contributed by atoms with Gasteiger partial charge in [-0.15, -0.1) is 9.89 Å². The number of hydrogen-bond acceptors (Lipinski definition) is 9. The van der Waals surface area contributed by atoms with E-state index in [9.17, 15) is 18.0 Å². The Labute approximate surface area is 258 Å². The molecule has 44 heavy (non-hydrogen) atoms. The van der Waals surface area contributed by atoms with Gasteiger partial charge in [-0.1, -0.05) is 20.8 Å². The van der Waals surface area contributed by atoms with E-state index in [1.165, 1.54) is 11.7 Å². The SMILES string of the molecule is CCN(CCNS(C)(=O)=O)c1ccc(N=C2C(C(C)(C)C)=Nn3nc(-c4ccc(NC(=O)CCC(C)=O)cc4)nc32)c(C)c1. The van der Waals surface area contributed by atoms with E-state index in [1.54, 1.807) is 12.1 Å². The van der Waals surface area contributed by atoms with Gasteiger partial charge in [0.25, 0.3) is 0 Å². The zero-order valence-electron chi connectivity index (χ0n) is 26.3. The Hall–Kier alpha value is -4.23. The maximum atomic E-state index is 12.1. The first-order chi connectivity index (χ1) is 20.6. The summed E-state index contributed by atoms with van der Waals surface area (Å²) in [6, 6.07) is 13.2. The number of amides is 1. The third-order valence-corrected chi connectivity index (χ3v) is 7.70. The van der Waals surface area contributed by atoms with E-state index in [-0.39, 0.29) is 29.9 Å². The van der Waals surface area contributed by atoms with E-state index in [0.29, 0.717) is 36.1 Å². The lowest BCUT2D eigenvalue weighted by molar-refractivity contribution is -0.121. The van der Waals surface area contributed by atoms with Gasteiger partial charge >= 0.3 is 0 Å². The number of fused-ring (bicyclic) bond motifs is 1. The van der Waals surface area contributed by atoms with Crippen LogP contribution in [0.15, 0.2) is 52.6 Å². The molecule has 1 aliphatic rings. The molecule has 1 aromatic heterocycles. The molecule has 0 radical (unpaired) electrons. The molecule has 0 aliphatic carbocycles. The smallest absolute Gasteiger partial charge is 0.224 e. The number of nitrogens with one attached hydrogen (secondary N) is 2. The molecular weight excluding hydrogens is 580 g/mol. The number of likely N-dealkylation sites (N-methyl/N-ethyl adjacent to an activating group) is 1. The summed E-state index contributed by atoms with van der Waals surface area (Å²) in [6.45, 7) is 13.3. The summed E-state index contributed by atoms with van der Waals surface area (Å²) in [5.41, 5.74) is 5.18. The summed E-state index contributed by atoms with van der Waals surface area (Å²) in [6.07, 6.45) is 1.51. The van der Waals surface area contributed by atoms with Crippen molar-refractivity contribution in [3.05, 3.63) is 53.9 Å². The molecule has 2 heterocycles. The first kappa shape index (κ1) is 32.7. The molecule has 0 unspecified atom stereocenters. The summed E-state index contributed by atoms with van der Waals surface area (Å²) < 4.78 is 25.5. The highest BCUT2D eigenvalue weighted by Gasteiger charge is 2.35. The largest absolute Gasteiger partial charge is 0.370 e. The minimum atomic E-state index is -3.25. The van der Waals surface area contributed by atoms with Crippen molar-refractivity contribution in [3.63, 3.8) is 0 Å². The lowest BCUT2D eigenvalue weighted by atomic mass is 9.87. The third kappa shape index (κ3) is 8.23. The van der Waals surface area contributed by atoms with Crippen molar-refractivity contribution in [2.24, 2.45) is 15.5 Å². The van der Waals surface area contributed by atoms with E-state index in [4.69, 9.17) is 15.1 Å². The highest BCUT2D eigenvalue weighted by Crippen LogP contribution is 2.31. The predicted molar refractivity (Wildman–Crippen MR) is 174 cm³/mol. The summed E-state index contributed by atoms with van der Waals surface area (Å²) in [4.78, 5) is 36.7. The molecule has 2 aromatic carbocycles. The number of rotatable bonds is 12. The minimum Gasteiger partial charge on any atom is -0.370 e. The Morgan fingerprint density at radius 3 is 2.36 bits per heavy atom. The zero-order chi connectivity index (χ0) is 32.2. The van der Waals surface area contributed by atoms with Crippen molar-refractivity contribution in [1.29, 1.82) is 0 Å². The molecule has 12 nitrogen and oxygen atoms in total. The highest BCUT2D eigenvalue weighted by molar-refractivity contribution is 7.88. The lowest BCUT2D eigenvalue weighted by Gasteiger charge is -2.24. The molecule has 0 atom stereocenters. The second kappa shape index (κ2) is 13.2. The van der Waals surface area contributed by atoms with Crippen molar-refractivity contribution in [1.82, 2.24) is 19.6 Å². The normalized spacial score (nSPS) is 14.0. The van der Waals surface area contributed by atoms with Crippen molar-refractivity contribution >= 4 is 50.2 Å². The van der Waals surface area contributed by atoms with Crippen molar-refractivity contribution in [2.45, 2.75) is 54.4 Å². The Morgan fingerprint density at radius 1 is 1.07 bits per heavy atom. The molecule has 0 fully saturated rings. The molecule has 0 saturated carbocycles. The summed E-state index contributed by atoms with van der Waals surface area (Å²) in [5.74, 6) is 0.776. The number of benzene rings is 2. The van der Waals surface area contributed by atoms with E-state index in [1.807, 2.05) is 44.2 Å². The zero-order valence-corrected chi connectivity index (χ0v) is 27.1. The number of ketones is 1. The quantitative estimate of drug-likeness (QED) is 0.306. The number of aliphatic imine (C=N–C) groups is 1. The van der Waals surface area contributed by atoms with Gasteiger partial charge in [-0.05, 0) is 68.8 Å². The number of anilines is 2. The van der Waals surface area contributed by atoms with Crippen LogP contribution in [0.1, 0.15) is 58.8 Å². The first-order valence-corrected chi connectivity index (χ1v) is 16.4. The van der Waals surface area contributed by atoms with Gasteiger partial charge in [0, 0.05) is 54.8 Å². The van der Waals surface area contributed by atoms with Gasteiger partial charge in [0.1, 0.15) is 11.5 Å². The fourth-order valence-electron chi connectivity index (χ4n) is 4.63. The van der Waals surface area contributed by atoms with Crippen molar-refractivity contribution < 1.29 is 18.0 Å². The number of aromatic nitrogens is 3. The molecule has 13 heteroatoms. The number of carbonyl (C=O) groups excluding carboxylic acids is 2. The van der Waals surface area contributed by atoms with Crippen LogP contribution in [0.4, 0.5) is 17.1 Å². The van der Waals surface area contributed by atoms with Gasteiger partial charge in [-0.25, -0.2) is 23.1 Å². The van der Waals surface area contributed by atoms with Gasteiger partial charge in [0.05, 0.1) is 17.7 Å². The van der Waals surface area contributed by atoms with Crippen LogP contribution in [0.3, 0.4) is 0 Å². The summed E-state index contributed by atoms with van der Waals surface area (Å²) >= 11 is 0. The second-order valence-electron chi connectivity index (χ2n) is 11.9. The Balaban J connectivity index is 1.59. The number of hydrogen-bond donors (Lipinski definition) is 2. The Morgan fingerprint density at radius 2 is 1.77 bits per heavy atom. The van der Waals surface area contributed by atoms with Crippen LogP contribution < -0.4 is 14.9 Å². The number of sulfonamides is 1. The summed E-state index contributed by atoms with van der Waals surface area (Å²) in [5, 5.41) is 12.2. The van der Waals surface area contributed by atoms with E-state index < -0.39 is 10.0 Å². The standard InChI is InChI=1S/C31H40N8O4S/c1-8-38(18-17-32-44(7,42)43)24-14-15-25(20(2)19-24)34-27-28(31(4,5)6)36-39-30(27)35-29(37-39)22-10-12-23(13-11-22)33-26(41)16-9-21(3)40/h10-15,19,32H,8-9,16-18H2,1-7H3,(H,33,41). The van der Waals surface area contributed by atoms with Crippen LogP contribution in [-0.4, -0.2) is 72.3 Å². The molecule has 0 bridgehead atoms. The van der Waals surface area contributed by atoms with Crippen molar-refractivity contribution in [2.75, 3.05) is 36.1 Å². The number of carbonyl (C=O) groups is 2. The Bertz CT molecular complexity index is 1720. The molecule has 0 saturated heterocycles. The summed E-state index contributed by atoms with van der Waals surface area (Å²) in [7, 11) is -3.25. The topological polar surface area (TPSA) is 151 Å². The van der Waals surface area contributed by atoms with Gasteiger partial charge in [0.2, 0.25) is 21.8 Å². The predicted octanol–water partition coefficient (Wildman–Crippen LogP) is 4.32. The molecule has 0 spiro atoms. The van der Waals surface area contributed by atoms with Gasteiger partial charge < -0.3 is 15.0 Å². The van der Waals surface area contributed by atoms with Gasteiger partial charge in [-0.2, -0.15) is 5.10 Å². The molecule has 2 N–H and O–H groups in total. The number of aryl methyl sites for hydroxylation is 1. The fourth-order valence-corrected chi connectivity index (χ4v) is 5.10. The molecule has 234 valence electrons. The molecule has 4 rings (SSSR count). The molecule has 1 amide bonds. The maximum Gasteiger partial charge on any atom is 0.224 e. The minimum absolute atomic E-state index is 0.0262. The van der Waals surface area contributed by atoms with E-state index >= 15 is 0 Å². The first-order valence-electron chi connectivity index (χ1n) is 14.5. The van der Waals surface area contributed by atoms with E-state index in [0.717, 1.165) is 41.0 Å². The second-order valence-corrected chi connectivity index (χ2v) is 13.7. The van der Waals surface area contributed by atoms with Gasteiger partial charge in [-0.3, -0.25) is 4.79 Å². The number of Topliss-reactive ketones (excluding diaryl/α,β-unsaturated/α-hetero) is 1. The van der Waals surface area contributed by atoms with Crippen LogP contribution >= 0.6 is 0 Å². The maximum absolute atomic E-state index is 12.1. The lowest BCUT2D eigenvalue weighted by Crippen LogP contribution is -2.34. The molecule has 3 aromatic rings.